The number of urea groups is 1. The van der Waals surface area contributed by atoms with Gasteiger partial charge in [-0.25, -0.2) is 9.18 Å². The van der Waals surface area contributed by atoms with Crippen LogP contribution in [0.5, 0.6) is 5.75 Å². The first-order chi connectivity index (χ1) is 17.9. The molecule has 190 valence electrons. The Balaban J connectivity index is 1.49. The molecule has 1 unspecified atom stereocenters. The van der Waals surface area contributed by atoms with Crippen molar-refractivity contribution in [2.45, 2.75) is 32.5 Å². The molecule has 1 N–H and O–H groups in total. The number of aromatic nitrogens is 1. The fourth-order valence-corrected chi connectivity index (χ4v) is 6.90. The number of nitrogens with zero attached hydrogens (tertiary/aromatic N) is 3. The monoisotopic (exact) mass is 516 g/mol. The van der Waals surface area contributed by atoms with Crippen LogP contribution in [0.3, 0.4) is 0 Å². The average Bonchev–Trinajstić information content (AvgIpc) is 3.46. The summed E-state index contributed by atoms with van der Waals surface area (Å²) in [7, 11) is 3.75. The number of nitrogens with one attached hydrogen (secondary N) is 1. The van der Waals surface area contributed by atoms with Crippen LogP contribution >= 0.6 is 11.3 Å². The van der Waals surface area contributed by atoms with Crippen LogP contribution in [0, 0.1) is 12.7 Å². The minimum absolute atomic E-state index is 0.230. The molecule has 1 atom stereocenters. The number of rotatable bonds is 3. The zero-order valence-electron chi connectivity index (χ0n) is 21.1. The van der Waals surface area contributed by atoms with Gasteiger partial charge in [0.1, 0.15) is 16.6 Å². The first kappa shape index (κ1) is 23.8. The molecule has 8 heteroatoms. The smallest absolute Gasteiger partial charge is 0.323 e. The number of fused-ring (bicyclic) bond motifs is 5. The minimum atomic E-state index is -0.395. The summed E-state index contributed by atoms with van der Waals surface area (Å²) >= 11 is 1.81. The van der Waals surface area contributed by atoms with Gasteiger partial charge in [0.2, 0.25) is 0 Å². The number of methoxy groups -OCH3 is 1. The van der Waals surface area contributed by atoms with E-state index in [9.17, 15) is 9.18 Å². The Morgan fingerprint density at radius 1 is 1.11 bits per heavy atom. The number of benzene rings is 2. The van der Waals surface area contributed by atoms with Gasteiger partial charge in [0.15, 0.2) is 0 Å². The fourth-order valence-electron chi connectivity index (χ4n) is 5.45. The number of ether oxygens (including phenoxy) is 1. The van der Waals surface area contributed by atoms with Gasteiger partial charge in [-0.2, -0.15) is 0 Å². The second kappa shape index (κ2) is 9.36. The zero-order chi connectivity index (χ0) is 25.7. The maximum absolute atomic E-state index is 14.1. The van der Waals surface area contributed by atoms with E-state index in [1.807, 2.05) is 47.4 Å². The fraction of sp³-hybridized carbons (Fsp3) is 0.276. The van der Waals surface area contributed by atoms with Crippen molar-refractivity contribution in [2.24, 2.45) is 0 Å². The number of hydrogen-bond donors (Lipinski definition) is 1. The number of hydrogen-bond acceptors (Lipinski definition) is 4. The van der Waals surface area contributed by atoms with E-state index < -0.39 is 6.04 Å². The summed E-state index contributed by atoms with van der Waals surface area (Å²) in [4.78, 5) is 19.7. The number of aryl methyl sites for hydroxylation is 1. The highest BCUT2D eigenvalue weighted by Crippen LogP contribution is 2.43. The number of halogens is 1. The number of amides is 2. The molecule has 0 saturated heterocycles. The molecule has 0 aliphatic carbocycles. The van der Waals surface area contributed by atoms with Gasteiger partial charge in [0.05, 0.1) is 31.1 Å². The summed E-state index contributed by atoms with van der Waals surface area (Å²) in [5, 5.41) is 4.28. The van der Waals surface area contributed by atoms with Crippen LogP contribution in [0.4, 0.5) is 14.9 Å². The van der Waals surface area contributed by atoms with Crippen LogP contribution in [0.2, 0.25) is 0 Å². The highest BCUT2D eigenvalue weighted by molar-refractivity contribution is 7.15. The van der Waals surface area contributed by atoms with Gasteiger partial charge in [0, 0.05) is 29.7 Å². The molecule has 2 aliphatic heterocycles. The molecule has 37 heavy (non-hydrogen) atoms. The number of likely N-dealkylation sites (N-methyl/N-ethyl adjacent to an activating group) is 1. The lowest BCUT2D eigenvalue weighted by Crippen LogP contribution is -2.38. The largest absolute Gasteiger partial charge is 0.495 e. The predicted molar refractivity (Wildman–Crippen MR) is 144 cm³/mol. The summed E-state index contributed by atoms with van der Waals surface area (Å²) in [6, 6.07) is 15.6. The van der Waals surface area contributed by atoms with Crippen molar-refractivity contribution in [1.82, 2.24) is 14.4 Å². The summed E-state index contributed by atoms with van der Waals surface area (Å²) in [6.07, 6.45) is 3.03. The van der Waals surface area contributed by atoms with E-state index in [0.717, 1.165) is 41.3 Å². The first-order valence-electron chi connectivity index (χ1n) is 12.4. The van der Waals surface area contributed by atoms with Gasteiger partial charge in [-0.1, -0.05) is 18.2 Å². The van der Waals surface area contributed by atoms with E-state index in [1.54, 1.807) is 19.2 Å². The lowest BCUT2D eigenvalue weighted by Gasteiger charge is -2.32. The molecule has 2 amide bonds. The topological polar surface area (TPSA) is 49.7 Å². The van der Waals surface area contributed by atoms with Gasteiger partial charge < -0.3 is 24.4 Å². The highest BCUT2D eigenvalue weighted by Gasteiger charge is 2.36. The van der Waals surface area contributed by atoms with Gasteiger partial charge in [0.25, 0.3) is 0 Å². The van der Waals surface area contributed by atoms with E-state index in [0.29, 0.717) is 18.0 Å². The lowest BCUT2D eigenvalue weighted by atomic mass is 10.0. The third-order valence-electron chi connectivity index (χ3n) is 7.30. The molecule has 6 rings (SSSR count). The third-order valence-corrected chi connectivity index (χ3v) is 8.56. The molecule has 0 saturated carbocycles. The van der Waals surface area contributed by atoms with Crippen LogP contribution in [-0.2, 0) is 19.5 Å². The van der Waals surface area contributed by atoms with Crippen LogP contribution in [0.25, 0.3) is 5.00 Å². The molecule has 6 nitrogen and oxygen atoms in total. The molecule has 0 bridgehead atoms. The molecular weight excluding hydrogens is 487 g/mol. The maximum atomic E-state index is 14.1. The van der Waals surface area contributed by atoms with E-state index in [-0.39, 0.29) is 11.8 Å². The van der Waals surface area contributed by atoms with Crippen molar-refractivity contribution in [3.8, 4) is 10.8 Å². The summed E-state index contributed by atoms with van der Waals surface area (Å²) < 4.78 is 21.6. The zero-order valence-corrected chi connectivity index (χ0v) is 21.9. The van der Waals surface area contributed by atoms with E-state index >= 15 is 0 Å². The predicted octanol–water partition coefficient (Wildman–Crippen LogP) is 6.12. The van der Waals surface area contributed by atoms with Crippen molar-refractivity contribution < 1.29 is 13.9 Å². The van der Waals surface area contributed by atoms with Crippen LogP contribution in [0.15, 0.2) is 60.8 Å². The Morgan fingerprint density at radius 3 is 2.70 bits per heavy atom. The molecule has 2 aromatic carbocycles. The second-order valence-corrected chi connectivity index (χ2v) is 10.9. The third kappa shape index (κ3) is 4.20. The molecular formula is C29H29FN4O2S. The second-order valence-electron chi connectivity index (χ2n) is 9.79. The van der Waals surface area contributed by atoms with Crippen molar-refractivity contribution in [3.05, 3.63) is 99.4 Å². The average molecular weight is 517 g/mol. The number of thiophene rings is 1. The summed E-state index contributed by atoms with van der Waals surface area (Å²) in [5.41, 5.74) is 6.03. The molecule has 0 spiro atoms. The summed E-state index contributed by atoms with van der Waals surface area (Å²) in [6.45, 7) is 4.34. The SMILES string of the molecule is COc1ccc(C)cc1NC(=O)N1Cc2c(sc3c2CCN(C)C3)-n2cccc2C1c1ccc(F)cc1. The van der Waals surface area contributed by atoms with Crippen molar-refractivity contribution >= 4 is 23.1 Å². The van der Waals surface area contributed by atoms with Gasteiger partial charge in [-0.3, -0.25) is 0 Å². The van der Waals surface area contributed by atoms with Crippen LogP contribution in [-0.4, -0.2) is 41.1 Å². The first-order valence-corrected chi connectivity index (χ1v) is 13.2. The molecule has 4 heterocycles. The molecule has 0 radical (unpaired) electrons. The number of carbonyl (C=O) groups is 1. The quantitative estimate of drug-likeness (QED) is 0.357. The normalized spacial score (nSPS) is 17.0. The van der Waals surface area contributed by atoms with Crippen molar-refractivity contribution in [3.63, 3.8) is 0 Å². The van der Waals surface area contributed by atoms with Gasteiger partial charge in [-0.15, -0.1) is 11.3 Å². The number of anilines is 1. The molecule has 4 aromatic rings. The number of carbonyl (C=O) groups excluding carboxylic acids is 1. The van der Waals surface area contributed by atoms with Gasteiger partial charge >= 0.3 is 6.03 Å². The summed E-state index contributed by atoms with van der Waals surface area (Å²) in [5.74, 6) is 0.303. The minimum Gasteiger partial charge on any atom is -0.495 e. The Morgan fingerprint density at radius 2 is 1.92 bits per heavy atom. The van der Waals surface area contributed by atoms with Crippen molar-refractivity contribution in [1.29, 1.82) is 0 Å². The Labute approximate surface area is 219 Å². The lowest BCUT2D eigenvalue weighted by molar-refractivity contribution is 0.194. The van der Waals surface area contributed by atoms with Crippen LogP contribution in [0.1, 0.15) is 38.9 Å². The molecule has 2 aromatic heterocycles. The van der Waals surface area contributed by atoms with Crippen LogP contribution < -0.4 is 10.1 Å². The molecule has 2 aliphatic rings. The van der Waals surface area contributed by atoms with Crippen molar-refractivity contribution in [2.75, 3.05) is 26.0 Å². The Hall–Kier alpha value is -3.62. The highest BCUT2D eigenvalue weighted by atomic mass is 32.1. The van der Waals surface area contributed by atoms with E-state index in [1.165, 1.54) is 28.1 Å². The van der Waals surface area contributed by atoms with E-state index in [4.69, 9.17) is 4.74 Å². The maximum Gasteiger partial charge on any atom is 0.323 e. The van der Waals surface area contributed by atoms with Gasteiger partial charge in [-0.05, 0) is 73.5 Å². The Bertz CT molecular complexity index is 1480. The molecule has 0 fully saturated rings. The standard InChI is InChI=1S/C29H29FN4O2S/c1-18-6-11-25(36-3)23(15-18)31-29(35)34-16-22-21-12-14-32(2)17-26(21)37-28(22)33-13-4-5-24(33)27(34)19-7-9-20(30)10-8-19/h4-11,13,15,27H,12,14,16-17H2,1-3H3,(H,31,35). The Kier molecular flexibility index (Phi) is 6.01. The van der Waals surface area contributed by atoms with E-state index in [2.05, 4.69) is 34.1 Å².